The zero-order valence-electron chi connectivity index (χ0n) is 13.3. The van der Waals surface area contributed by atoms with Gasteiger partial charge in [-0.3, -0.25) is 4.79 Å². The van der Waals surface area contributed by atoms with Gasteiger partial charge in [-0.2, -0.15) is 0 Å². The number of carbonyl (C=O) groups is 1. The van der Waals surface area contributed by atoms with E-state index in [2.05, 4.69) is 10.3 Å². The number of aromatic nitrogens is 1. The molecule has 0 fully saturated rings. The van der Waals surface area contributed by atoms with Crippen molar-refractivity contribution in [2.75, 3.05) is 6.54 Å². The summed E-state index contributed by atoms with van der Waals surface area (Å²) in [5.74, 6) is -0.536. The fourth-order valence-electron chi connectivity index (χ4n) is 2.36. The highest BCUT2D eigenvalue weighted by atomic mass is 32.1. The molecule has 0 aliphatic rings. The van der Waals surface area contributed by atoms with Crippen molar-refractivity contribution >= 4 is 17.2 Å². The van der Waals surface area contributed by atoms with Crippen LogP contribution in [0, 0.1) is 12.7 Å². The van der Waals surface area contributed by atoms with Gasteiger partial charge < -0.3 is 5.32 Å². The molecule has 5 heteroatoms. The van der Waals surface area contributed by atoms with Crippen LogP contribution in [0.4, 0.5) is 4.39 Å². The van der Waals surface area contributed by atoms with Gasteiger partial charge >= 0.3 is 0 Å². The van der Waals surface area contributed by atoms with Crippen LogP contribution < -0.4 is 5.32 Å². The first kappa shape index (κ1) is 16.3. The third-order valence-corrected chi connectivity index (χ3v) is 4.45. The summed E-state index contributed by atoms with van der Waals surface area (Å²) < 4.78 is 12.8. The molecule has 3 aromatic rings. The van der Waals surface area contributed by atoms with Gasteiger partial charge in [0, 0.05) is 23.1 Å². The maximum atomic E-state index is 12.8. The summed E-state index contributed by atoms with van der Waals surface area (Å²) in [5, 5.41) is 5.95. The molecule has 1 amide bonds. The van der Waals surface area contributed by atoms with E-state index in [-0.39, 0.29) is 11.7 Å². The van der Waals surface area contributed by atoms with E-state index < -0.39 is 0 Å². The van der Waals surface area contributed by atoms with Crippen molar-refractivity contribution in [2.45, 2.75) is 13.3 Å². The minimum atomic E-state index is -0.345. The molecule has 1 N–H and O–H groups in total. The zero-order chi connectivity index (χ0) is 16.9. The number of carbonyl (C=O) groups excluding carboxylic acids is 1. The van der Waals surface area contributed by atoms with E-state index in [0.29, 0.717) is 12.1 Å². The number of amides is 1. The summed E-state index contributed by atoms with van der Waals surface area (Å²) in [4.78, 5) is 16.4. The smallest absolute Gasteiger partial charge is 0.251 e. The second-order valence-corrected chi connectivity index (χ2v) is 6.52. The lowest BCUT2D eigenvalue weighted by atomic mass is 10.1. The molecule has 24 heavy (non-hydrogen) atoms. The maximum Gasteiger partial charge on any atom is 0.251 e. The van der Waals surface area contributed by atoms with Gasteiger partial charge in [-0.15, -0.1) is 11.3 Å². The summed E-state index contributed by atoms with van der Waals surface area (Å²) in [6, 6.07) is 13.7. The SMILES string of the molecule is Cc1nc(-c2ccc(CCNC(=O)c3ccc(F)cc3)cc2)cs1. The van der Waals surface area contributed by atoms with Crippen LogP contribution in [0.3, 0.4) is 0 Å². The Morgan fingerprint density at radius 1 is 1.12 bits per heavy atom. The Balaban J connectivity index is 1.53. The van der Waals surface area contributed by atoms with Crippen molar-refractivity contribution in [3.63, 3.8) is 0 Å². The number of hydrogen-bond donors (Lipinski definition) is 1. The predicted molar refractivity (Wildman–Crippen MR) is 94.7 cm³/mol. The average molecular weight is 340 g/mol. The van der Waals surface area contributed by atoms with Crippen molar-refractivity contribution in [2.24, 2.45) is 0 Å². The minimum Gasteiger partial charge on any atom is -0.352 e. The van der Waals surface area contributed by atoms with Gasteiger partial charge in [0.15, 0.2) is 0 Å². The van der Waals surface area contributed by atoms with E-state index in [0.717, 1.165) is 28.2 Å². The summed E-state index contributed by atoms with van der Waals surface area (Å²) in [6.45, 7) is 2.53. The van der Waals surface area contributed by atoms with Crippen molar-refractivity contribution in [3.8, 4) is 11.3 Å². The Morgan fingerprint density at radius 2 is 1.83 bits per heavy atom. The lowest BCUT2D eigenvalue weighted by Gasteiger charge is -2.06. The first-order valence-corrected chi connectivity index (χ1v) is 8.55. The zero-order valence-corrected chi connectivity index (χ0v) is 14.1. The van der Waals surface area contributed by atoms with E-state index in [1.165, 1.54) is 24.3 Å². The number of halogens is 1. The molecule has 0 atom stereocenters. The van der Waals surface area contributed by atoms with Crippen LogP contribution in [-0.4, -0.2) is 17.4 Å². The standard InChI is InChI=1S/C19H17FN2OS/c1-13-22-18(12-24-13)15-4-2-14(3-5-15)10-11-21-19(23)16-6-8-17(20)9-7-16/h2-9,12H,10-11H2,1H3,(H,21,23). The molecule has 0 radical (unpaired) electrons. The molecule has 2 aromatic carbocycles. The van der Waals surface area contributed by atoms with E-state index in [4.69, 9.17) is 0 Å². The van der Waals surface area contributed by atoms with Crippen LogP contribution in [0.2, 0.25) is 0 Å². The lowest BCUT2D eigenvalue weighted by Crippen LogP contribution is -2.25. The van der Waals surface area contributed by atoms with Crippen LogP contribution in [0.15, 0.2) is 53.9 Å². The molecule has 0 saturated heterocycles. The van der Waals surface area contributed by atoms with Crippen LogP contribution in [0.1, 0.15) is 20.9 Å². The topological polar surface area (TPSA) is 42.0 Å². The Kier molecular flexibility index (Phi) is 5.01. The van der Waals surface area contributed by atoms with Gasteiger partial charge in [0.25, 0.3) is 5.91 Å². The average Bonchev–Trinajstić information content (AvgIpc) is 3.02. The molecule has 0 saturated carbocycles. The molecule has 1 heterocycles. The third-order valence-electron chi connectivity index (χ3n) is 3.67. The molecule has 3 nitrogen and oxygen atoms in total. The van der Waals surface area contributed by atoms with Crippen LogP contribution >= 0.6 is 11.3 Å². The van der Waals surface area contributed by atoms with Crippen molar-refractivity contribution < 1.29 is 9.18 Å². The van der Waals surface area contributed by atoms with Crippen LogP contribution in [0.5, 0.6) is 0 Å². The van der Waals surface area contributed by atoms with Gasteiger partial charge in [0.2, 0.25) is 0 Å². The van der Waals surface area contributed by atoms with E-state index in [1.54, 1.807) is 11.3 Å². The molecule has 1 aromatic heterocycles. The highest BCUT2D eigenvalue weighted by Gasteiger charge is 2.05. The number of hydrogen-bond acceptors (Lipinski definition) is 3. The molecular weight excluding hydrogens is 323 g/mol. The van der Waals surface area contributed by atoms with Crippen molar-refractivity contribution in [3.05, 3.63) is 75.9 Å². The summed E-state index contributed by atoms with van der Waals surface area (Å²) in [5.41, 5.74) is 3.70. The van der Waals surface area contributed by atoms with Gasteiger partial charge in [-0.1, -0.05) is 24.3 Å². The summed E-state index contributed by atoms with van der Waals surface area (Å²) in [6.07, 6.45) is 0.739. The molecule has 0 spiro atoms. The monoisotopic (exact) mass is 340 g/mol. The Hall–Kier alpha value is -2.53. The van der Waals surface area contributed by atoms with E-state index >= 15 is 0 Å². The number of nitrogens with one attached hydrogen (secondary N) is 1. The second kappa shape index (κ2) is 7.36. The first-order valence-electron chi connectivity index (χ1n) is 7.67. The Labute approximate surface area is 144 Å². The normalized spacial score (nSPS) is 10.6. The number of aryl methyl sites for hydroxylation is 1. The summed E-state index contributed by atoms with van der Waals surface area (Å²) in [7, 11) is 0. The molecule has 0 aliphatic carbocycles. The molecule has 3 rings (SSSR count). The van der Waals surface area contributed by atoms with Gasteiger partial charge in [-0.05, 0) is 43.2 Å². The lowest BCUT2D eigenvalue weighted by molar-refractivity contribution is 0.0954. The molecule has 0 aliphatic heterocycles. The van der Waals surface area contributed by atoms with Crippen molar-refractivity contribution in [1.82, 2.24) is 10.3 Å². The predicted octanol–water partition coefficient (Wildman–Crippen LogP) is 4.23. The Bertz CT molecular complexity index is 825. The quantitative estimate of drug-likeness (QED) is 0.755. The fraction of sp³-hybridized carbons (Fsp3) is 0.158. The summed E-state index contributed by atoms with van der Waals surface area (Å²) >= 11 is 1.64. The molecule has 0 bridgehead atoms. The minimum absolute atomic E-state index is 0.190. The first-order chi connectivity index (χ1) is 11.6. The molecule has 0 unspecified atom stereocenters. The fourth-order valence-corrected chi connectivity index (χ4v) is 2.98. The van der Waals surface area contributed by atoms with Crippen molar-refractivity contribution in [1.29, 1.82) is 0 Å². The largest absolute Gasteiger partial charge is 0.352 e. The van der Waals surface area contributed by atoms with Crippen LogP contribution in [-0.2, 0) is 6.42 Å². The third kappa shape index (κ3) is 4.06. The Morgan fingerprint density at radius 3 is 2.46 bits per heavy atom. The molecule has 122 valence electrons. The number of rotatable bonds is 5. The maximum absolute atomic E-state index is 12.8. The van der Waals surface area contributed by atoms with Crippen LogP contribution in [0.25, 0.3) is 11.3 Å². The number of thiazole rings is 1. The van der Waals surface area contributed by atoms with E-state index in [9.17, 15) is 9.18 Å². The highest BCUT2D eigenvalue weighted by Crippen LogP contribution is 2.21. The van der Waals surface area contributed by atoms with Gasteiger partial charge in [-0.25, -0.2) is 9.37 Å². The van der Waals surface area contributed by atoms with Gasteiger partial charge in [0.05, 0.1) is 10.7 Å². The second-order valence-electron chi connectivity index (χ2n) is 5.46. The van der Waals surface area contributed by atoms with E-state index in [1.807, 2.05) is 36.6 Å². The number of nitrogens with zero attached hydrogens (tertiary/aromatic N) is 1. The number of benzene rings is 2. The highest BCUT2D eigenvalue weighted by molar-refractivity contribution is 7.09. The molecular formula is C19H17FN2OS. The van der Waals surface area contributed by atoms with Gasteiger partial charge in [0.1, 0.15) is 5.82 Å².